The number of para-hydroxylation sites is 1. The molecule has 0 unspecified atom stereocenters. The van der Waals surface area contributed by atoms with E-state index in [2.05, 4.69) is 43.1 Å². The number of nitrogens with zero attached hydrogens (tertiary/aromatic N) is 1. The third kappa shape index (κ3) is 4.11. The van der Waals surface area contributed by atoms with Gasteiger partial charge in [-0.25, -0.2) is 0 Å². The molecule has 3 aromatic rings. The van der Waals surface area contributed by atoms with Gasteiger partial charge in [-0.1, -0.05) is 48.5 Å². The van der Waals surface area contributed by atoms with Crippen LogP contribution in [0.2, 0.25) is 0 Å². The van der Waals surface area contributed by atoms with Gasteiger partial charge < -0.3 is 4.74 Å². The molecule has 0 amide bonds. The lowest BCUT2D eigenvalue weighted by molar-refractivity contribution is 0.306. The van der Waals surface area contributed by atoms with Gasteiger partial charge in [0.25, 0.3) is 0 Å². The van der Waals surface area contributed by atoms with E-state index < -0.39 is 0 Å². The second-order valence-electron chi connectivity index (χ2n) is 5.84. The summed E-state index contributed by atoms with van der Waals surface area (Å²) >= 11 is 0. The Kier molecular flexibility index (Phi) is 5.07. The third-order valence-corrected chi connectivity index (χ3v) is 4.00. The molecule has 3 aromatic carbocycles. The smallest absolute Gasteiger partial charge is 0.128 e. The molecule has 0 spiro atoms. The van der Waals surface area contributed by atoms with Crippen molar-refractivity contribution in [1.82, 2.24) is 0 Å². The number of aryl methyl sites for hydroxylation is 2. The summed E-state index contributed by atoms with van der Waals surface area (Å²) in [6.45, 7) is 4.76. The zero-order valence-corrected chi connectivity index (χ0v) is 14.1. The minimum atomic E-state index is 0.551. The molecule has 24 heavy (non-hydrogen) atoms. The van der Waals surface area contributed by atoms with Crippen molar-refractivity contribution in [2.45, 2.75) is 20.5 Å². The van der Waals surface area contributed by atoms with E-state index in [1.165, 1.54) is 11.1 Å². The van der Waals surface area contributed by atoms with E-state index in [4.69, 9.17) is 4.74 Å². The normalized spacial score (nSPS) is 10.9. The molecule has 120 valence electrons. The summed E-state index contributed by atoms with van der Waals surface area (Å²) in [4.78, 5) is 4.59. The van der Waals surface area contributed by atoms with Crippen molar-refractivity contribution in [1.29, 1.82) is 0 Å². The number of ether oxygens (including phenoxy) is 1. The van der Waals surface area contributed by atoms with E-state index in [9.17, 15) is 0 Å². The Morgan fingerprint density at radius 1 is 0.833 bits per heavy atom. The molecule has 0 bridgehead atoms. The predicted octanol–water partition coefficient (Wildman–Crippen LogP) is 5.63. The SMILES string of the molecule is Cc1ccc(N=Cc2ccccc2OCc2ccccc2)cc1C. The van der Waals surface area contributed by atoms with Gasteiger partial charge in [0, 0.05) is 11.8 Å². The van der Waals surface area contributed by atoms with Gasteiger partial charge in [0.2, 0.25) is 0 Å². The highest BCUT2D eigenvalue weighted by molar-refractivity contribution is 5.85. The maximum atomic E-state index is 5.96. The maximum Gasteiger partial charge on any atom is 0.128 e. The van der Waals surface area contributed by atoms with E-state index in [1.54, 1.807) is 0 Å². The highest BCUT2D eigenvalue weighted by Crippen LogP contribution is 2.21. The van der Waals surface area contributed by atoms with E-state index >= 15 is 0 Å². The summed E-state index contributed by atoms with van der Waals surface area (Å²) in [6.07, 6.45) is 1.87. The molecule has 0 aliphatic rings. The summed E-state index contributed by atoms with van der Waals surface area (Å²) in [6, 6.07) is 24.4. The van der Waals surface area contributed by atoms with E-state index in [1.807, 2.05) is 54.7 Å². The van der Waals surface area contributed by atoms with E-state index in [0.29, 0.717) is 6.61 Å². The first kappa shape index (κ1) is 16.0. The summed E-state index contributed by atoms with van der Waals surface area (Å²) in [7, 11) is 0. The van der Waals surface area contributed by atoms with Gasteiger partial charge in [0.15, 0.2) is 0 Å². The van der Waals surface area contributed by atoms with E-state index in [0.717, 1.165) is 22.6 Å². The molecule has 0 saturated heterocycles. The lowest BCUT2D eigenvalue weighted by Gasteiger charge is -2.09. The fourth-order valence-electron chi connectivity index (χ4n) is 2.40. The van der Waals surface area contributed by atoms with Crippen LogP contribution >= 0.6 is 0 Å². The molecular formula is C22H21NO. The molecule has 0 heterocycles. The summed E-state index contributed by atoms with van der Waals surface area (Å²) in [5, 5.41) is 0. The number of aliphatic imine (C=N–C) groups is 1. The van der Waals surface area contributed by atoms with Crippen LogP contribution in [0.3, 0.4) is 0 Å². The molecule has 3 rings (SSSR count). The second-order valence-corrected chi connectivity index (χ2v) is 5.84. The number of hydrogen-bond donors (Lipinski definition) is 0. The zero-order valence-electron chi connectivity index (χ0n) is 14.1. The van der Waals surface area contributed by atoms with E-state index in [-0.39, 0.29) is 0 Å². The van der Waals surface area contributed by atoms with Gasteiger partial charge in [-0.05, 0) is 54.8 Å². The van der Waals surface area contributed by atoms with Gasteiger partial charge in [0.1, 0.15) is 12.4 Å². The summed E-state index contributed by atoms with van der Waals surface area (Å²) in [5.41, 5.74) is 5.61. The fourth-order valence-corrected chi connectivity index (χ4v) is 2.40. The van der Waals surface area contributed by atoms with Crippen LogP contribution in [-0.4, -0.2) is 6.21 Å². The first-order chi connectivity index (χ1) is 11.7. The first-order valence-electron chi connectivity index (χ1n) is 8.09. The fraction of sp³-hybridized carbons (Fsp3) is 0.136. The molecule has 0 fully saturated rings. The van der Waals surface area contributed by atoms with Crippen molar-refractivity contribution in [2.75, 3.05) is 0 Å². The molecule has 2 nitrogen and oxygen atoms in total. The average molecular weight is 315 g/mol. The molecule has 0 atom stereocenters. The lowest BCUT2D eigenvalue weighted by Crippen LogP contribution is -1.98. The molecule has 0 N–H and O–H groups in total. The van der Waals surface area contributed by atoms with Crippen LogP contribution in [0.1, 0.15) is 22.3 Å². The van der Waals surface area contributed by atoms with Gasteiger partial charge in [-0.2, -0.15) is 0 Å². The van der Waals surface area contributed by atoms with Crippen LogP contribution < -0.4 is 4.74 Å². The molecule has 0 saturated carbocycles. The van der Waals surface area contributed by atoms with Crippen LogP contribution in [-0.2, 0) is 6.61 Å². The quantitative estimate of drug-likeness (QED) is 0.559. The van der Waals surface area contributed by atoms with Crippen molar-refractivity contribution in [2.24, 2.45) is 4.99 Å². The first-order valence-corrected chi connectivity index (χ1v) is 8.09. The second kappa shape index (κ2) is 7.60. The number of hydrogen-bond acceptors (Lipinski definition) is 2. The highest BCUT2D eigenvalue weighted by atomic mass is 16.5. The lowest BCUT2D eigenvalue weighted by atomic mass is 10.1. The largest absolute Gasteiger partial charge is 0.488 e. The molecule has 0 radical (unpaired) electrons. The molecular weight excluding hydrogens is 294 g/mol. The van der Waals surface area contributed by atoms with Crippen molar-refractivity contribution in [3.8, 4) is 5.75 Å². The topological polar surface area (TPSA) is 21.6 Å². The summed E-state index contributed by atoms with van der Waals surface area (Å²) < 4.78 is 5.96. The monoisotopic (exact) mass is 315 g/mol. The Morgan fingerprint density at radius 2 is 1.58 bits per heavy atom. The van der Waals surface area contributed by atoms with Crippen LogP contribution in [0.25, 0.3) is 0 Å². The maximum absolute atomic E-state index is 5.96. The van der Waals surface area contributed by atoms with Crippen molar-refractivity contribution < 1.29 is 4.74 Å². The highest BCUT2D eigenvalue weighted by Gasteiger charge is 2.01. The number of benzene rings is 3. The Bertz CT molecular complexity index is 838. The van der Waals surface area contributed by atoms with Gasteiger partial charge in [-0.3, -0.25) is 4.99 Å². The number of rotatable bonds is 5. The molecule has 0 aliphatic carbocycles. The summed E-state index contributed by atoms with van der Waals surface area (Å²) in [5.74, 6) is 0.842. The Labute approximate surface area is 143 Å². The van der Waals surface area contributed by atoms with Gasteiger partial charge in [-0.15, -0.1) is 0 Å². The molecule has 0 aromatic heterocycles. The molecule has 2 heteroatoms. The van der Waals surface area contributed by atoms with Crippen LogP contribution in [0.4, 0.5) is 5.69 Å². The van der Waals surface area contributed by atoms with Crippen molar-refractivity contribution in [3.63, 3.8) is 0 Å². The minimum Gasteiger partial charge on any atom is -0.488 e. The molecule has 0 aliphatic heterocycles. The van der Waals surface area contributed by atoms with Crippen molar-refractivity contribution >= 4 is 11.9 Å². The van der Waals surface area contributed by atoms with Crippen LogP contribution in [0.5, 0.6) is 5.75 Å². The Hall–Kier alpha value is -2.87. The minimum absolute atomic E-state index is 0.551. The van der Waals surface area contributed by atoms with Crippen LogP contribution in [0.15, 0.2) is 77.8 Å². The van der Waals surface area contributed by atoms with Crippen LogP contribution in [0, 0.1) is 13.8 Å². The average Bonchev–Trinajstić information content (AvgIpc) is 2.62. The predicted molar refractivity (Wildman–Crippen MR) is 100 cm³/mol. The van der Waals surface area contributed by atoms with Gasteiger partial charge >= 0.3 is 0 Å². The Morgan fingerprint density at radius 3 is 2.38 bits per heavy atom. The zero-order chi connectivity index (χ0) is 16.8. The Balaban J connectivity index is 1.76. The standard InChI is InChI=1S/C22H21NO/c1-17-12-13-21(14-18(17)2)23-15-20-10-6-7-11-22(20)24-16-19-8-4-3-5-9-19/h3-15H,16H2,1-2H3. The third-order valence-electron chi connectivity index (χ3n) is 4.00. The van der Waals surface area contributed by atoms with Gasteiger partial charge in [0.05, 0.1) is 5.69 Å². The van der Waals surface area contributed by atoms with Crippen molar-refractivity contribution in [3.05, 3.63) is 95.1 Å².